The zero-order valence-electron chi connectivity index (χ0n) is 19.7. The zero-order chi connectivity index (χ0) is 27.1. The van der Waals surface area contributed by atoms with Gasteiger partial charge in [-0.2, -0.15) is 0 Å². The van der Waals surface area contributed by atoms with E-state index in [4.69, 9.17) is 9.47 Å². The number of esters is 2. The minimum absolute atomic E-state index is 0.0107. The molecule has 2 heterocycles. The summed E-state index contributed by atoms with van der Waals surface area (Å²) >= 11 is 0. The molecule has 2 N–H and O–H groups in total. The molecule has 2 aromatic carbocycles. The summed E-state index contributed by atoms with van der Waals surface area (Å²) in [6.45, 7) is 0. The van der Waals surface area contributed by atoms with E-state index >= 15 is 0 Å². The van der Waals surface area contributed by atoms with Crippen molar-refractivity contribution in [3.05, 3.63) is 108 Å². The molecule has 0 saturated carbocycles. The average Bonchev–Trinajstić information content (AvgIpc) is 2.92. The molecule has 0 spiro atoms. The Kier molecular flexibility index (Phi) is 7.83. The molecule has 4 rings (SSSR count). The summed E-state index contributed by atoms with van der Waals surface area (Å²) in [6, 6.07) is 15.5. The Morgan fingerprint density at radius 3 is 1.79 bits per heavy atom. The number of nitrogens with zero attached hydrogens (tertiary/aromatic N) is 2. The third-order valence-corrected chi connectivity index (χ3v) is 5.25. The largest absolute Gasteiger partial charge is 0.507 e. The molecular weight excluding hydrogens is 492 g/mol. The highest BCUT2D eigenvalue weighted by Gasteiger charge is 2.18. The monoisotopic (exact) mass is 512 g/mol. The van der Waals surface area contributed by atoms with E-state index in [2.05, 4.69) is 9.97 Å². The lowest BCUT2D eigenvalue weighted by atomic mass is 10.0. The van der Waals surface area contributed by atoms with Gasteiger partial charge in [0.05, 0.1) is 24.0 Å². The highest BCUT2D eigenvalue weighted by atomic mass is 16.5. The predicted molar refractivity (Wildman–Crippen MR) is 132 cm³/mol. The fraction of sp³-hybridized carbons (Fsp3) is 0.0714. The Balaban J connectivity index is 1.29. The van der Waals surface area contributed by atoms with Crippen LogP contribution in [0.2, 0.25) is 0 Å². The Morgan fingerprint density at radius 2 is 1.29 bits per heavy atom. The van der Waals surface area contributed by atoms with Crippen LogP contribution in [0.3, 0.4) is 0 Å². The Labute approximate surface area is 216 Å². The second-order valence-electron chi connectivity index (χ2n) is 7.92. The standard InChI is InChI=1S/C28H20N2O8/c31-23-14-18(6-8-20(23)27(35)17-4-3-12-29-16-17)37-25(33)10-11-26(34)38-19-7-9-21(24(32)15-19)28(36)22-5-1-2-13-30-22/h1-9,12-16,31-32H,10-11H2. The fourth-order valence-electron chi connectivity index (χ4n) is 3.39. The van der Waals surface area contributed by atoms with Crippen LogP contribution in [-0.4, -0.2) is 43.7 Å². The van der Waals surface area contributed by atoms with Gasteiger partial charge in [-0.25, -0.2) is 0 Å². The maximum Gasteiger partial charge on any atom is 0.311 e. The number of rotatable bonds is 9. The molecule has 10 nitrogen and oxygen atoms in total. The Morgan fingerprint density at radius 1 is 0.684 bits per heavy atom. The van der Waals surface area contributed by atoms with E-state index in [1.54, 1.807) is 24.3 Å². The average molecular weight is 512 g/mol. The number of carbonyl (C=O) groups is 4. The first-order valence-corrected chi connectivity index (χ1v) is 11.3. The van der Waals surface area contributed by atoms with Crippen molar-refractivity contribution in [2.75, 3.05) is 0 Å². The van der Waals surface area contributed by atoms with Gasteiger partial charge in [0.2, 0.25) is 5.78 Å². The summed E-state index contributed by atoms with van der Waals surface area (Å²) in [5.41, 5.74) is 0.434. The summed E-state index contributed by atoms with van der Waals surface area (Å²) in [6.07, 6.45) is 3.66. The predicted octanol–water partition coefficient (Wildman–Crippen LogP) is 3.64. The van der Waals surface area contributed by atoms with Crippen molar-refractivity contribution in [1.29, 1.82) is 0 Å². The van der Waals surface area contributed by atoms with Crippen LogP contribution in [0.5, 0.6) is 23.0 Å². The van der Waals surface area contributed by atoms with Crippen LogP contribution in [0.15, 0.2) is 85.3 Å². The van der Waals surface area contributed by atoms with Crippen molar-refractivity contribution in [2.24, 2.45) is 0 Å². The van der Waals surface area contributed by atoms with Gasteiger partial charge in [0.25, 0.3) is 0 Å². The molecule has 0 bridgehead atoms. The normalized spacial score (nSPS) is 10.4. The van der Waals surface area contributed by atoms with Crippen LogP contribution in [0.25, 0.3) is 0 Å². The van der Waals surface area contributed by atoms with Gasteiger partial charge in [-0.1, -0.05) is 6.07 Å². The molecular formula is C28H20N2O8. The van der Waals surface area contributed by atoms with Gasteiger partial charge in [0.1, 0.15) is 28.7 Å². The fourth-order valence-corrected chi connectivity index (χ4v) is 3.39. The van der Waals surface area contributed by atoms with Gasteiger partial charge in [0.15, 0.2) is 5.78 Å². The highest BCUT2D eigenvalue weighted by Crippen LogP contribution is 2.27. The van der Waals surface area contributed by atoms with Crippen LogP contribution in [0.4, 0.5) is 0 Å². The lowest BCUT2D eigenvalue weighted by Gasteiger charge is -2.09. The van der Waals surface area contributed by atoms with Crippen LogP contribution in [-0.2, 0) is 9.59 Å². The molecule has 0 fully saturated rings. The first-order chi connectivity index (χ1) is 18.3. The van der Waals surface area contributed by atoms with Gasteiger partial charge in [0, 0.05) is 36.3 Å². The Bertz CT molecular complexity index is 1390. The molecule has 0 unspecified atom stereocenters. The molecule has 0 amide bonds. The third kappa shape index (κ3) is 6.24. The van der Waals surface area contributed by atoms with E-state index < -0.39 is 29.3 Å². The molecule has 10 heteroatoms. The van der Waals surface area contributed by atoms with Crippen molar-refractivity contribution in [3.8, 4) is 23.0 Å². The summed E-state index contributed by atoms with van der Waals surface area (Å²) < 4.78 is 10.2. The molecule has 0 aliphatic rings. The van der Waals surface area contributed by atoms with E-state index in [0.717, 1.165) is 12.1 Å². The van der Waals surface area contributed by atoms with Crippen LogP contribution in [0.1, 0.15) is 44.8 Å². The van der Waals surface area contributed by atoms with E-state index in [-0.39, 0.29) is 52.5 Å². The molecule has 38 heavy (non-hydrogen) atoms. The maximum atomic E-state index is 12.5. The highest BCUT2D eigenvalue weighted by molar-refractivity contribution is 6.10. The van der Waals surface area contributed by atoms with Crippen molar-refractivity contribution in [2.45, 2.75) is 12.8 Å². The van der Waals surface area contributed by atoms with Gasteiger partial charge in [-0.05, 0) is 48.5 Å². The molecule has 0 aliphatic carbocycles. The number of hydrogen-bond donors (Lipinski definition) is 2. The number of benzene rings is 2. The van der Waals surface area contributed by atoms with Crippen molar-refractivity contribution < 1.29 is 38.9 Å². The van der Waals surface area contributed by atoms with Crippen molar-refractivity contribution in [3.63, 3.8) is 0 Å². The smallest absolute Gasteiger partial charge is 0.311 e. The van der Waals surface area contributed by atoms with Gasteiger partial charge in [-0.15, -0.1) is 0 Å². The molecule has 0 radical (unpaired) electrons. The number of pyridine rings is 2. The SMILES string of the molecule is O=C(CCC(=O)Oc1ccc(C(=O)c2ccccn2)c(O)c1)Oc1ccc(C(=O)c2cccnc2)c(O)c1. The van der Waals surface area contributed by atoms with E-state index in [0.29, 0.717) is 0 Å². The summed E-state index contributed by atoms with van der Waals surface area (Å²) in [5, 5.41) is 20.4. The number of carbonyl (C=O) groups excluding carboxylic acids is 4. The molecule has 4 aromatic rings. The number of aromatic hydroxyl groups is 2. The zero-order valence-corrected chi connectivity index (χ0v) is 19.7. The summed E-state index contributed by atoms with van der Waals surface area (Å²) in [5.74, 6) is -3.29. The molecule has 190 valence electrons. The van der Waals surface area contributed by atoms with E-state index in [9.17, 15) is 29.4 Å². The third-order valence-electron chi connectivity index (χ3n) is 5.25. The van der Waals surface area contributed by atoms with Crippen LogP contribution in [0, 0.1) is 0 Å². The van der Waals surface area contributed by atoms with Crippen molar-refractivity contribution >= 4 is 23.5 Å². The molecule has 0 atom stereocenters. The number of ketones is 2. The number of aromatic nitrogens is 2. The Hall–Kier alpha value is -5.38. The quantitative estimate of drug-likeness (QED) is 0.193. The maximum absolute atomic E-state index is 12.5. The minimum Gasteiger partial charge on any atom is -0.507 e. The number of phenols is 2. The van der Waals surface area contributed by atoms with Crippen LogP contribution < -0.4 is 9.47 Å². The second-order valence-corrected chi connectivity index (χ2v) is 7.92. The lowest BCUT2D eigenvalue weighted by Crippen LogP contribution is -2.14. The topological polar surface area (TPSA) is 153 Å². The van der Waals surface area contributed by atoms with Crippen LogP contribution >= 0.6 is 0 Å². The van der Waals surface area contributed by atoms with E-state index in [1.807, 2.05) is 0 Å². The molecule has 2 aromatic heterocycles. The number of hydrogen-bond acceptors (Lipinski definition) is 10. The number of phenolic OH excluding ortho intramolecular Hbond substituents is 2. The minimum atomic E-state index is -0.773. The van der Waals surface area contributed by atoms with Gasteiger partial charge in [-0.3, -0.25) is 29.1 Å². The van der Waals surface area contributed by atoms with Crippen molar-refractivity contribution in [1.82, 2.24) is 9.97 Å². The first kappa shape index (κ1) is 25.7. The second kappa shape index (κ2) is 11.6. The lowest BCUT2D eigenvalue weighted by molar-refractivity contribution is -0.140. The number of ether oxygens (including phenoxy) is 2. The summed E-state index contributed by atoms with van der Waals surface area (Å²) in [7, 11) is 0. The van der Waals surface area contributed by atoms with E-state index in [1.165, 1.54) is 48.9 Å². The van der Waals surface area contributed by atoms with Gasteiger partial charge >= 0.3 is 11.9 Å². The van der Waals surface area contributed by atoms with Gasteiger partial charge < -0.3 is 19.7 Å². The summed E-state index contributed by atoms with van der Waals surface area (Å²) in [4.78, 5) is 57.1. The molecule has 0 saturated heterocycles. The molecule has 0 aliphatic heterocycles. The first-order valence-electron chi connectivity index (χ1n) is 11.3.